The van der Waals surface area contributed by atoms with Crippen molar-refractivity contribution in [3.8, 4) is 5.75 Å². The summed E-state index contributed by atoms with van der Waals surface area (Å²) < 4.78 is 11.1. The van der Waals surface area contributed by atoms with Crippen molar-refractivity contribution in [2.24, 2.45) is 5.92 Å². The van der Waals surface area contributed by atoms with E-state index in [0.717, 1.165) is 24.3 Å². The first-order chi connectivity index (χ1) is 13.6. The lowest BCUT2D eigenvalue weighted by Gasteiger charge is -2.33. The van der Waals surface area contributed by atoms with E-state index in [4.69, 9.17) is 9.47 Å². The molecule has 1 heterocycles. The van der Waals surface area contributed by atoms with Crippen LogP contribution in [0, 0.1) is 5.92 Å². The summed E-state index contributed by atoms with van der Waals surface area (Å²) in [5, 5.41) is 3.30. The van der Waals surface area contributed by atoms with Gasteiger partial charge < -0.3 is 19.7 Å². The number of piperidine rings is 1. The number of ether oxygens (including phenoxy) is 2. The van der Waals surface area contributed by atoms with Gasteiger partial charge in [0.15, 0.2) is 0 Å². The second-order valence-corrected chi connectivity index (χ2v) is 7.77. The number of carbonyl (C=O) groups excluding carboxylic acids is 2. The van der Waals surface area contributed by atoms with Crippen molar-refractivity contribution in [2.45, 2.75) is 64.5 Å². The van der Waals surface area contributed by atoms with E-state index in [1.165, 1.54) is 12.8 Å². The third kappa shape index (κ3) is 5.40. The highest BCUT2D eigenvalue weighted by Gasteiger charge is 2.30. The average molecular weight is 389 g/mol. The number of benzene rings is 1. The summed E-state index contributed by atoms with van der Waals surface area (Å²) in [7, 11) is 0. The Morgan fingerprint density at radius 2 is 1.89 bits per heavy atom. The van der Waals surface area contributed by atoms with E-state index < -0.39 is 0 Å². The Balaban J connectivity index is 1.49. The van der Waals surface area contributed by atoms with Crippen LogP contribution in [-0.4, -0.2) is 48.6 Å². The molecule has 1 aliphatic heterocycles. The second-order valence-electron chi connectivity index (χ2n) is 7.77. The second kappa shape index (κ2) is 9.80. The highest BCUT2D eigenvalue weighted by Crippen LogP contribution is 2.26. The van der Waals surface area contributed by atoms with Crippen LogP contribution >= 0.6 is 0 Å². The van der Waals surface area contributed by atoms with E-state index in [9.17, 15) is 9.59 Å². The molecule has 1 saturated heterocycles. The van der Waals surface area contributed by atoms with Gasteiger partial charge in [-0.1, -0.05) is 6.07 Å². The van der Waals surface area contributed by atoms with Crippen molar-refractivity contribution in [2.75, 3.05) is 25.0 Å². The molecular formula is C22H32N2O4. The molecule has 2 fully saturated rings. The first kappa shape index (κ1) is 20.5. The van der Waals surface area contributed by atoms with Crippen LogP contribution in [0.15, 0.2) is 24.3 Å². The molecule has 0 radical (unpaired) electrons. The molecule has 6 nitrogen and oxygen atoms in total. The van der Waals surface area contributed by atoms with Crippen molar-refractivity contribution in [1.29, 1.82) is 0 Å². The quantitative estimate of drug-likeness (QED) is 0.723. The van der Waals surface area contributed by atoms with Crippen molar-refractivity contribution < 1.29 is 19.1 Å². The van der Waals surface area contributed by atoms with Gasteiger partial charge in [-0.2, -0.15) is 0 Å². The van der Waals surface area contributed by atoms with Crippen LogP contribution in [0.1, 0.15) is 52.4 Å². The molecule has 0 bridgehead atoms. The Labute approximate surface area is 167 Å². The van der Waals surface area contributed by atoms with Crippen LogP contribution in [0.3, 0.4) is 0 Å². The first-order valence-corrected chi connectivity index (χ1v) is 10.6. The summed E-state index contributed by atoms with van der Waals surface area (Å²) in [6.45, 7) is 5.29. The van der Waals surface area contributed by atoms with Crippen LogP contribution in [0.5, 0.6) is 5.75 Å². The fourth-order valence-corrected chi connectivity index (χ4v) is 4.04. The molecule has 154 valence electrons. The molecule has 1 aliphatic carbocycles. The predicted octanol–water partition coefficient (Wildman–Crippen LogP) is 3.61. The number of nitrogens with zero attached hydrogens (tertiary/aromatic N) is 1. The molecule has 1 amide bonds. The fraction of sp³-hybridized carbons (Fsp3) is 0.636. The lowest BCUT2D eigenvalue weighted by atomic mass is 9.96. The van der Waals surface area contributed by atoms with Crippen molar-refractivity contribution in [3.63, 3.8) is 0 Å². The molecule has 1 atom stereocenters. The summed E-state index contributed by atoms with van der Waals surface area (Å²) in [5.41, 5.74) is 0.887. The van der Waals surface area contributed by atoms with Gasteiger partial charge in [0.2, 0.25) is 5.91 Å². The van der Waals surface area contributed by atoms with Crippen LogP contribution in [0.2, 0.25) is 0 Å². The Hall–Kier alpha value is -2.24. The van der Waals surface area contributed by atoms with E-state index >= 15 is 0 Å². The van der Waals surface area contributed by atoms with Gasteiger partial charge in [0.05, 0.1) is 18.6 Å². The normalized spacial score (nSPS) is 19.3. The third-order valence-corrected chi connectivity index (χ3v) is 5.62. The molecule has 6 heteroatoms. The van der Waals surface area contributed by atoms with E-state index in [2.05, 4.69) is 5.32 Å². The highest BCUT2D eigenvalue weighted by atomic mass is 16.5. The maximum atomic E-state index is 12.8. The summed E-state index contributed by atoms with van der Waals surface area (Å²) in [4.78, 5) is 26.5. The number of esters is 1. The van der Waals surface area contributed by atoms with Crippen LogP contribution in [0.4, 0.5) is 5.69 Å². The molecule has 0 aromatic heterocycles. The maximum absolute atomic E-state index is 12.8. The molecule has 0 spiro atoms. The van der Waals surface area contributed by atoms with Gasteiger partial charge in [-0.3, -0.25) is 9.59 Å². The van der Waals surface area contributed by atoms with Gasteiger partial charge in [0.1, 0.15) is 11.8 Å². The van der Waals surface area contributed by atoms with Gasteiger partial charge >= 0.3 is 5.97 Å². The Kier molecular flexibility index (Phi) is 7.18. The molecule has 2 aliphatic rings. The predicted molar refractivity (Wildman–Crippen MR) is 108 cm³/mol. The van der Waals surface area contributed by atoms with Crippen LogP contribution in [-0.2, 0) is 14.3 Å². The highest BCUT2D eigenvalue weighted by molar-refractivity contribution is 5.84. The molecule has 0 unspecified atom stereocenters. The van der Waals surface area contributed by atoms with Crippen molar-refractivity contribution >= 4 is 17.6 Å². The smallest absolute Gasteiger partial charge is 0.309 e. The number of carbonyl (C=O) groups is 2. The Morgan fingerprint density at radius 1 is 1.18 bits per heavy atom. The summed E-state index contributed by atoms with van der Waals surface area (Å²) in [5.74, 6) is 0.688. The van der Waals surface area contributed by atoms with Crippen LogP contribution < -0.4 is 10.1 Å². The SMILES string of the molecule is CCOC(=O)C1CCN(C(=O)[C@@H](C)Nc2cccc(OC3CCCC3)c2)CC1. The standard InChI is InChI=1S/C22H32N2O4/c1-3-27-22(26)17-11-13-24(14-12-17)21(25)16(2)23-18-7-6-10-20(15-18)28-19-8-4-5-9-19/h6-7,10,15-17,19,23H,3-5,8-9,11-14H2,1-2H3/t16-/m1/s1. The molecule has 1 saturated carbocycles. The number of anilines is 1. The lowest BCUT2D eigenvalue weighted by Crippen LogP contribution is -2.46. The Bertz CT molecular complexity index is 664. The minimum atomic E-state index is -0.333. The van der Waals surface area contributed by atoms with E-state index in [0.29, 0.717) is 38.6 Å². The van der Waals surface area contributed by atoms with Gasteiger partial charge in [0, 0.05) is 24.8 Å². The van der Waals surface area contributed by atoms with Crippen LogP contribution in [0.25, 0.3) is 0 Å². The number of nitrogens with one attached hydrogen (secondary N) is 1. The average Bonchev–Trinajstić information content (AvgIpc) is 3.21. The zero-order valence-electron chi connectivity index (χ0n) is 17.0. The van der Waals surface area contributed by atoms with Gasteiger partial charge in [-0.05, 0) is 64.5 Å². The lowest BCUT2D eigenvalue weighted by molar-refractivity contribution is -0.151. The zero-order valence-corrected chi connectivity index (χ0v) is 17.0. The minimum absolute atomic E-state index is 0.0597. The maximum Gasteiger partial charge on any atom is 0.309 e. The summed E-state index contributed by atoms with van der Waals surface area (Å²) >= 11 is 0. The van der Waals surface area contributed by atoms with Gasteiger partial charge in [-0.25, -0.2) is 0 Å². The largest absolute Gasteiger partial charge is 0.490 e. The summed E-state index contributed by atoms with van der Waals surface area (Å²) in [6.07, 6.45) is 6.37. The van der Waals surface area contributed by atoms with Crippen molar-refractivity contribution in [1.82, 2.24) is 4.90 Å². The molecule has 1 aromatic carbocycles. The molecule has 3 rings (SSSR count). The fourth-order valence-electron chi connectivity index (χ4n) is 4.04. The van der Waals surface area contributed by atoms with E-state index in [1.807, 2.05) is 43.0 Å². The molecule has 1 aromatic rings. The molecular weight excluding hydrogens is 356 g/mol. The minimum Gasteiger partial charge on any atom is -0.490 e. The van der Waals surface area contributed by atoms with Gasteiger partial charge in [0.25, 0.3) is 0 Å². The Morgan fingerprint density at radius 3 is 2.57 bits per heavy atom. The number of likely N-dealkylation sites (tertiary alicyclic amines) is 1. The number of amides is 1. The molecule has 28 heavy (non-hydrogen) atoms. The number of rotatable bonds is 7. The zero-order chi connectivity index (χ0) is 19.9. The van der Waals surface area contributed by atoms with E-state index in [-0.39, 0.29) is 23.8 Å². The number of hydrogen-bond acceptors (Lipinski definition) is 5. The third-order valence-electron chi connectivity index (χ3n) is 5.62. The first-order valence-electron chi connectivity index (χ1n) is 10.6. The van der Waals surface area contributed by atoms with Crippen molar-refractivity contribution in [3.05, 3.63) is 24.3 Å². The number of hydrogen-bond donors (Lipinski definition) is 1. The monoisotopic (exact) mass is 388 g/mol. The van der Waals surface area contributed by atoms with Gasteiger partial charge in [-0.15, -0.1) is 0 Å². The summed E-state index contributed by atoms with van der Waals surface area (Å²) in [6, 6.07) is 7.51. The van der Waals surface area contributed by atoms with E-state index in [1.54, 1.807) is 0 Å². The topological polar surface area (TPSA) is 67.9 Å². The molecule has 1 N–H and O–H groups in total.